The van der Waals surface area contributed by atoms with Crippen LogP contribution in [0, 0.1) is 5.82 Å². The Morgan fingerprint density at radius 2 is 0.845 bits per heavy atom. The zero-order valence-corrected chi connectivity index (χ0v) is 33.6. The molecule has 0 bridgehead atoms. The molecule has 0 spiro atoms. The van der Waals surface area contributed by atoms with Gasteiger partial charge in [-0.2, -0.15) is 58.9 Å². The van der Waals surface area contributed by atoms with Gasteiger partial charge in [0.15, 0.2) is 12.4 Å². The van der Waals surface area contributed by atoms with Crippen molar-refractivity contribution in [2.75, 3.05) is 13.2 Å². The molecule has 1 aromatic rings. The highest BCUT2D eigenvalue weighted by atomic mass is 32.3. The Bertz CT molecular complexity index is 2390. The Balaban J connectivity index is 2.35. The molecule has 40 heteroatoms. The fraction of sp³-hybridized carbons (Fsp3) is 0.667. The van der Waals surface area contributed by atoms with Crippen molar-refractivity contribution in [3.8, 4) is 0 Å². The third-order valence-corrected chi connectivity index (χ3v) is 10.8. The number of benzene rings is 1. The normalized spacial score (nSPS) is 29.6. The average molecular weight is 1010 g/mol. The first-order chi connectivity index (χ1) is 26.0. The van der Waals surface area contributed by atoms with Crippen molar-refractivity contribution in [3.05, 3.63) is 30.1 Å². The van der Waals surface area contributed by atoms with Gasteiger partial charge in [0.25, 0.3) is 0 Å². The molecule has 2 fully saturated rings. The van der Waals surface area contributed by atoms with Gasteiger partial charge in [-0.15, -0.1) is 0 Å². The molecule has 10 atom stereocenters. The topological polar surface area (TPSA) is 473 Å². The summed E-state index contributed by atoms with van der Waals surface area (Å²) in [4.78, 5) is -0.149. The van der Waals surface area contributed by atoms with Crippen LogP contribution in [-0.2, 0) is 116 Å². The Morgan fingerprint density at radius 3 is 1.26 bits per heavy atom. The van der Waals surface area contributed by atoms with Gasteiger partial charge in [-0.3, -0.25) is 31.9 Å². The molecule has 0 amide bonds. The molecule has 2 heterocycles. The number of halogens is 1. The molecule has 2 saturated heterocycles. The number of ether oxygens (including phenoxy) is 3. The second-order valence-corrected chi connectivity index (χ2v) is 19.2. The number of thioether (sulfide) groups is 1. The summed E-state index contributed by atoms with van der Waals surface area (Å²) in [6.07, 6.45) is -26.8. The Kier molecular flexibility index (Phi) is 16.5. The molecule has 2 aliphatic rings. The van der Waals surface area contributed by atoms with Crippen molar-refractivity contribution in [3.63, 3.8) is 0 Å². The fourth-order valence-electron chi connectivity index (χ4n) is 4.74. The summed E-state index contributed by atoms with van der Waals surface area (Å²) < 4.78 is 290. The van der Waals surface area contributed by atoms with Crippen molar-refractivity contribution >= 4 is 84.6 Å². The van der Waals surface area contributed by atoms with Crippen LogP contribution in [0.5, 0.6) is 0 Å². The van der Waals surface area contributed by atoms with Crippen LogP contribution in [0.15, 0.2) is 29.2 Å². The minimum absolute atomic E-state index is 0.149. The van der Waals surface area contributed by atoms with Gasteiger partial charge in [0.2, 0.25) is 0 Å². The fourth-order valence-corrected chi connectivity index (χ4v) is 9.02. The highest BCUT2D eigenvalue weighted by Crippen LogP contribution is 2.41. The predicted octanol–water partition coefficient (Wildman–Crippen LogP) is -3.67. The minimum Gasteiger partial charge on any atom is -0.356 e. The van der Waals surface area contributed by atoms with E-state index in [1.807, 2.05) is 0 Å². The maximum absolute atomic E-state index is 13.6. The van der Waals surface area contributed by atoms with Crippen molar-refractivity contribution in [2.45, 2.75) is 65.5 Å². The molecule has 7 N–H and O–H groups in total. The number of hydrogen-bond donors (Lipinski definition) is 7. The molecule has 1 aromatic carbocycles. The predicted molar refractivity (Wildman–Crippen MR) is 172 cm³/mol. The summed E-state index contributed by atoms with van der Waals surface area (Å²) in [6, 6.07) is 3.51. The van der Waals surface area contributed by atoms with Gasteiger partial charge >= 0.3 is 72.8 Å². The molecule has 338 valence electrons. The van der Waals surface area contributed by atoms with Crippen molar-refractivity contribution in [1.29, 1.82) is 0 Å². The van der Waals surface area contributed by atoms with Gasteiger partial charge in [-0.1, -0.05) is 11.8 Å². The second-order valence-electron chi connectivity index (χ2n) is 10.6. The van der Waals surface area contributed by atoms with E-state index in [-0.39, 0.29) is 16.7 Å². The molecular formula is C18H25FO31S8. The van der Waals surface area contributed by atoms with Gasteiger partial charge < -0.3 is 14.2 Å². The monoisotopic (exact) mass is 1010 g/mol. The van der Waals surface area contributed by atoms with Gasteiger partial charge in [0.05, 0.1) is 13.2 Å². The van der Waals surface area contributed by atoms with Crippen LogP contribution in [0.3, 0.4) is 0 Å². The van der Waals surface area contributed by atoms with E-state index in [0.717, 1.165) is 24.3 Å². The van der Waals surface area contributed by atoms with Crippen molar-refractivity contribution < 1.29 is 139 Å². The van der Waals surface area contributed by atoms with E-state index in [1.54, 1.807) is 0 Å². The highest BCUT2D eigenvalue weighted by Gasteiger charge is 2.58. The lowest BCUT2D eigenvalue weighted by atomic mass is 9.97. The third-order valence-electron chi connectivity index (χ3n) is 6.47. The second kappa shape index (κ2) is 18.8. The van der Waals surface area contributed by atoms with Crippen LogP contribution in [0.4, 0.5) is 4.39 Å². The van der Waals surface area contributed by atoms with Gasteiger partial charge in [-0.25, -0.2) is 33.7 Å². The summed E-state index contributed by atoms with van der Waals surface area (Å²) in [6.45, 7) is -3.53. The van der Waals surface area contributed by atoms with Crippen molar-refractivity contribution in [1.82, 2.24) is 0 Å². The molecular weight excluding hydrogens is 988 g/mol. The molecule has 0 aliphatic carbocycles. The Hall–Kier alpha value is -1.53. The summed E-state index contributed by atoms with van der Waals surface area (Å²) in [7, 11) is -41.4. The lowest BCUT2D eigenvalue weighted by molar-refractivity contribution is -0.325. The summed E-state index contributed by atoms with van der Waals surface area (Å²) in [5.74, 6) is -0.866. The Labute approximate surface area is 330 Å². The first kappa shape index (κ1) is 50.8. The molecule has 0 saturated carbocycles. The number of hydrogen-bond acceptors (Lipinski definition) is 25. The summed E-state index contributed by atoms with van der Waals surface area (Å²) >= 11 is 0.221. The van der Waals surface area contributed by atoms with E-state index in [1.165, 1.54) is 0 Å². The van der Waals surface area contributed by atoms with Crippen LogP contribution in [0.1, 0.15) is 0 Å². The first-order valence-corrected chi connectivity index (χ1v) is 24.3. The highest BCUT2D eigenvalue weighted by molar-refractivity contribution is 7.99. The molecule has 31 nitrogen and oxygen atoms in total. The van der Waals surface area contributed by atoms with E-state index < -0.39 is 152 Å². The zero-order chi connectivity index (χ0) is 44.4. The molecule has 58 heavy (non-hydrogen) atoms. The van der Waals surface area contributed by atoms with E-state index in [0.29, 0.717) is 0 Å². The maximum atomic E-state index is 13.6. The number of rotatable bonds is 20. The molecule has 2 aliphatic heterocycles. The van der Waals surface area contributed by atoms with Crippen molar-refractivity contribution in [2.24, 2.45) is 0 Å². The Morgan fingerprint density at radius 1 is 0.483 bits per heavy atom. The van der Waals surface area contributed by atoms with Crippen LogP contribution < -0.4 is 0 Å². The van der Waals surface area contributed by atoms with Crippen LogP contribution in [0.2, 0.25) is 0 Å². The largest absolute Gasteiger partial charge is 0.397 e. The summed E-state index contributed by atoms with van der Waals surface area (Å²) in [5, 5.41) is 0. The van der Waals surface area contributed by atoms with Crippen LogP contribution >= 0.6 is 11.8 Å². The summed E-state index contributed by atoms with van der Waals surface area (Å²) in [5.41, 5.74) is -2.22. The molecule has 0 radical (unpaired) electrons. The standard InChI is InChI=1S/C18H25FO31S8/c19-7-1-3-8(4-2-7)51-18-16(50-58(38,39)40)13(47-55(29,30)31)11(9(44-18)5-41-52(20,21)22)45-17-15(49-57(35,36)37)14(48-56(32,33)34)12(46-54(26,27)28)10(43-17)6-42-53(23,24)25/h1-4,9-18H,5-6H2,(H,20,21,22)(H,23,24,25)(H,26,27,28)(H,29,30,31)(H,32,33,34)(H,35,36,37)(H,38,39,40)/t9-,10-,11-,12-,13+,14+,15-,16-,17-,18+/m1/s1. The lowest BCUT2D eigenvalue weighted by Crippen LogP contribution is -2.66. The van der Waals surface area contributed by atoms with E-state index in [4.69, 9.17) is 18.8 Å². The smallest absolute Gasteiger partial charge is 0.356 e. The van der Waals surface area contributed by atoms with Crippen LogP contribution in [0.25, 0.3) is 0 Å². The minimum atomic E-state index is -6.13. The average Bonchev–Trinajstić information content (AvgIpc) is 2.98. The quantitative estimate of drug-likeness (QED) is 0.0619. The molecule has 0 aromatic heterocycles. The maximum Gasteiger partial charge on any atom is 0.397 e. The van der Waals surface area contributed by atoms with E-state index in [2.05, 4.69) is 29.3 Å². The van der Waals surface area contributed by atoms with E-state index in [9.17, 15) is 90.6 Å². The van der Waals surface area contributed by atoms with Crippen LogP contribution in [-0.4, -0.2) is 165 Å². The van der Waals surface area contributed by atoms with E-state index >= 15 is 0 Å². The van der Waals surface area contributed by atoms with Gasteiger partial charge in [-0.05, 0) is 24.3 Å². The van der Waals surface area contributed by atoms with Gasteiger partial charge in [0.1, 0.15) is 54.0 Å². The molecule has 0 unspecified atom stereocenters. The molecule has 3 rings (SSSR count). The van der Waals surface area contributed by atoms with Gasteiger partial charge in [0, 0.05) is 4.90 Å². The lowest BCUT2D eigenvalue weighted by Gasteiger charge is -2.48. The SMILES string of the molecule is O=S(=O)(O)OC[C@H]1O[C@@H](Sc2ccc(F)cc2)[C@H](OS(=O)(=O)O)[C@@H](OS(=O)(=O)O)[C@@H]1O[C@H]1O[C@H](COS(=O)(=O)O)[C@@H](OS(=O)(=O)O)[C@H](OS(=O)(=O)O)[C@H]1OS(=O)(=O)O. The third kappa shape index (κ3) is 17.8. The zero-order valence-electron chi connectivity index (χ0n) is 27.1. The first-order valence-electron chi connectivity index (χ1n) is 13.9.